The molecule has 10 heteroatoms. The van der Waals surface area contributed by atoms with Gasteiger partial charge in [-0.1, -0.05) is 30.3 Å². The van der Waals surface area contributed by atoms with Crippen LogP contribution in [-0.2, 0) is 26.3 Å². The fraction of sp³-hybridized carbons (Fsp3) is 0.467. The Labute approximate surface area is 146 Å². The molecule has 25 heavy (non-hydrogen) atoms. The first kappa shape index (κ1) is 20.9. The first-order chi connectivity index (χ1) is 11.8. The molecule has 0 fully saturated rings. The molecule has 0 heterocycles. The number of carbonyl (C=O) groups is 2. The van der Waals surface area contributed by atoms with Gasteiger partial charge < -0.3 is 15.2 Å². The lowest BCUT2D eigenvalue weighted by Gasteiger charge is -2.14. The highest BCUT2D eigenvalue weighted by atomic mass is 32.2. The second-order valence-electron chi connectivity index (χ2n) is 5.19. The van der Waals surface area contributed by atoms with Gasteiger partial charge in [-0.05, 0) is 24.8 Å². The number of hydrogen-bond acceptors (Lipinski definition) is 5. The van der Waals surface area contributed by atoms with E-state index in [1.54, 1.807) is 24.3 Å². The van der Waals surface area contributed by atoms with E-state index in [2.05, 4.69) is 14.8 Å². The summed E-state index contributed by atoms with van der Waals surface area (Å²) in [5, 5.41) is 11.4. The van der Waals surface area contributed by atoms with Crippen molar-refractivity contribution in [1.29, 1.82) is 0 Å². The van der Waals surface area contributed by atoms with Crippen LogP contribution in [0.15, 0.2) is 30.3 Å². The van der Waals surface area contributed by atoms with Gasteiger partial charge in [0.25, 0.3) is 10.2 Å². The SMILES string of the molecule is CNS(=O)(=O)NCCCC[C@@H](NC(=O)OCc1ccccc1)C(=O)O. The molecule has 0 saturated heterocycles. The molecule has 0 spiro atoms. The zero-order valence-electron chi connectivity index (χ0n) is 13.9. The van der Waals surface area contributed by atoms with Crippen LogP contribution in [0.4, 0.5) is 4.79 Å². The van der Waals surface area contributed by atoms with E-state index >= 15 is 0 Å². The average Bonchev–Trinajstić information content (AvgIpc) is 2.59. The number of ether oxygens (including phenoxy) is 1. The van der Waals surface area contributed by atoms with E-state index in [0.717, 1.165) is 5.56 Å². The maximum Gasteiger partial charge on any atom is 0.408 e. The maximum absolute atomic E-state index is 11.7. The Morgan fingerprint density at radius 1 is 1.20 bits per heavy atom. The summed E-state index contributed by atoms with van der Waals surface area (Å²) in [6.07, 6.45) is 0.206. The zero-order chi connectivity index (χ0) is 18.7. The van der Waals surface area contributed by atoms with Crippen molar-refractivity contribution in [3.8, 4) is 0 Å². The highest BCUT2D eigenvalue weighted by Crippen LogP contribution is 2.04. The summed E-state index contributed by atoms with van der Waals surface area (Å²) in [5.74, 6) is -1.17. The Bertz CT molecular complexity index is 650. The topological polar surface area (TPSA) is 134 Å². The van der Waals surface area contributed by atoms with Crippen LogP contribution in [0, 0.1) is 0 Å². The van der Waals surface area contributed by atoms with Crippen molar-refractivity contribution in [3.63, 3.8) is 0 Å². The lowest BCUT2D eigenvalue weighted by molar-refractivity contribution is -0.139. The fourth-order valence-corrected chi connectivity index (χ4v) is 2.47. The van der Waals surface area contributed by atoms with E-state index in [0.29, 0.717) is 12.8 Å². The molecule has 1 aromatic carbocycles. The Morgan fingerprint density at radius 2 is 1.88 bits per heavy atom. The number of carboxylic acids is 1. The molecule has 1 amide bonds. The molecule has 0 aromatic heterocycles. The average molecular weight is 373 g/mol. The van der Waals surface area contributed by atoms with Gasteiger partial charge in [0, 0.05) is 13.6 Å². The van der Waals surface area contributed by atoms with Crippen LogP contribution in [-0.4, -0.2) is 45.2 Å². The molecule has 9 nitrogen and oxygen atoms in total. The number of aliphatic carboxylic acids is 1. The third-order valence-corrected chi connectivity index (χ3v) is 4.40. The van der Waals surface area contributed by atoms with E-state index < -0.39 is 28.3 Å². The van der Waals surface area contributed by atoms with Gasteiger partial charge in [0.2, 0.25) is 0 Å². The number of unbranched alkanes of at least 4 members (excludes halogenated alkanes) is 1. The molecule has 140 valence electrons. The van der Waals surface area contributed by atoms with Crippen LogP contribution in [0.2, 0.25) is 0 Å². The lowest BCUT2D eigenvalue weighted by atomic mass is 10.1. The largest absolute Gasteiger partial charge is 0.480 e. The molecular formula is C15H23N3O6S. The minimum absolute atomic E-state index is 0.0464. The molecule has 0 aliphatic carbocycles. The Hall–Kier alpha value is -2.17. The standard InChI is InChI=1S/C15H23N3O6S/c1-16-25(22,23)17-10-6-5-9-13(14(19)20)18-15(21)24-11-12-7-3-2-4-8-12/h2-4,7-8,13,16-17H,5-6,9-11H2,1H3,(H,18,21)(H,19,20)/t13-/m1/s1. The maximum atomic E-state index is 11.7. The fourth-order valence-electron chi connectivity index (χ4n) is 1.92. The van der Waals surface area contributed by atoms with E-state index in [1.165, 1.54) is 7.05 Å². The van der Waals surface area contributed by atoms with Gasteiger partial charge in [0.05, 0.1) is 0 Å². The van der Waals surface area contributed by atoms with Crippen LogP contribution < -0.4 is 14.8 Å². The minimum Gasteiger partial charge on any atom is -0.480 e. The molecule has 0 saturated carbocycles. The predicted molar refractivity (Wildman–Crippen MR) is 91.0 cm³/mol. The minimum atomic E-state index is -3.50. The van der Waals surface area contributed by atoms with E-state index in [-0.39, 0.29) is 19.6 Å². The highest BCUT2D eigenvalue weighted by Gasteiger charge is 2.20. The van der Waals surface area contributed by atoms with Gasteiger partial charge in [-0.2, -0.15) is 8.42 Å². The number of rotatable bonds is 11. The first-order valence-electron chi connectivity index (χ1n) is 7.72. The Balaban J connectivity index is 2.31. The van der Waals surface area contributed by atoms with Crippen LogP contribution in [0.5, 0.6) is 0 Å². The van der Waals surface area contributed by atoms with Crippen molar-refractivity contribution < 1.29 is 27.9 Å². The van der Waals surface area contributed by atoms with E-state index in [1.807, 2.05) is 6.07 Å². The van der Waals surface area contributed by atoms with Crippen molar-refractivity contribution in [3.05, 3.63) is 35.9 Å². The quantitative estimate of drug-likeness (QED) is 0.420. The monoisotopic (exact) mass is 373 g/mol. The summed E-state index contributed by atoms with van der Waals surface area (Å²) in [7, 11) is -2.21. The summed E-state index contributed by atoms with van der Waals surface area (Å²) in [6, 6.07) is 7.92. The van der Waals surface area contributed by atoms with E-state index in [4.69, 9.17) is 9.84 Å². The number of amides is 1. The van der Waals surface area contributed by atoms with Crippen molar-refractivity contribution in [2.24, 2.45) is 0 Å². The van der Waals surface area contributed by atoms with Gasteiger partial charge in [-0.3, -0.25) is 0 Å². The summed E-state index contributed by atoms with van der Waals surface area (Å²) < 4.78 is 31.7. The van der Waals surface area contributed by atoms with Crippen LogP contribution in [0.1, 0.15) is 24.8 Å². The molecule has 4 N–H and O–H groups in total. The van der Waals surface area contributed by atoms with Crippen molar-refractivity contribution in [2.45, 2.75) is 31.9 Å². The number of alkyl carbamates (subject to hydrolysis) is 1. The molecule has 0 aliphatic rings. The number of carbonyl (C=O) groups excluding carboxylic acids is 1. The number of hydrogen-bond donors (Lipinski definition) is 4. The Morgan fingerprint density at radius 3 is 2.48 bits per heavy atom. The predicted octanol–water partition coefficient (Wildman–Crippen LogP) is 0.590. The number of carboxylic acid groups (broad SMARTS) is 1. The summed E-state index contributed by atoms with van der Waals surface area (Å²) >= 11 is 0. The second kappa shape index (κ2) is 10.6. The van der Waals surface area contributed by atoms with Gasteiger partial charge in [0.15, 0.2) is 0 Å². The molecule has 1 aromatic rings. The number of nitrogens with one attached hydrogen (secondary N) is 3. The molecule has 0 aliphatic heterocycles. The summed E-state index contributed by atoms with van der Waals surface area (Å²) in [5.41, 5.74) is 0.793. The summed E-state index contributed by atoms with van der Waals surface area (Å²) in [6.45, 7) is 0.221. The van der Waals surface area contributed by atoms with Crippen LogP contribution in [0.3, 0.4) is 0 Å². The van der Waals surface area contributed by atoms with Crippen molar-refractivity contribution in [1.82, 2.24) is 14.8 Å². The van der Waals surface area contributed by atoms with Crippen molar-refractivity contribution >= 4 is 22.3 Å². The zero-order valence-corrected chi connectivity index (χ0v) is 14.7. The summed E-state index contributed by atoms with van der Waals surface area (Å²) in [4.78, 5) is 22.9. The van der Waals surface area contributed by atoms with Crippen molar-refractivity contribution in [2.75, 3.05) is 13.6 Å². The third-order valence-electron chi connectivity index (χ3n) is 3.28. The lowest BCUT2D eigenvalue weighted by Crippen LogP contribution is -2.41. The van der Waals surface area contributed by atoms with Gasteiger partial charge in [-0.15, -0.1) is 0 Å². The van der Waals surface area contributed by atoms with Crippen LogP contribution >= 0.6 is 0 Å². The van der Waals surface area contributed by atoms with Gasteiger partial charge in [-0.25, -0.2) is 19.0 Å². The first-order valence-corrected chi connectivity index (χ1v) is 9.20. The van der Waals surface area contributed by atoms with Gasteiger partial charge >= 0.3 is 12.1 Å². The molecular weight excluding hydrogens is 350 g/mol. The highest BCUT2D eigenvalue weighted by molar-refractivity contribution is 7.87. The van der Waals surface area contributed by atoms with E-state index in [9.17, 15) is 18.0 Å². The van der Waals surface area contributed by atoms with Gasteiger partial charge in [0.1, 0.15) is 12.6 Å². The second-order valence-corrected chi connectivity index (χ2v) is 6.90. The third kappa shape index (κ3) is 9.03. The van der Waals surface area contributed by atoms with Crippen LogP contribution in [0.25, 0.3) is 0 Å². The molecule has 0 radical (unpaired) electrons. The molecule has 1 atom stereocenters. The Kier molecular flexibility index (Phi) is 8.89. The molecule has 0 bridgehead atoms. The molecule has 0 unspecified atom stereocenters. The molecule has 1 rings (SSSR count). The number of benzene rings is 1. The normalized spacial score (nSPS) is 12.4. The smallest absolute Gasteiger partial charge is 0.408 e.